The summed E-state index contributed by atoms with van der Waals surface area (Å²) in [5, 5.41) is 0. The van der Waals surface area contributed by atoms with Crippen LogP contribution in [0.15, 0.2) is 15.5 Å². The van der Waals surface area contributed by atoms with Crippen molar-refractivity contribution in [3.63, 3.8) is 0 Å². The summed E-state index contributed by atoms with van der Waals surface area (Å²) in [4.78, 5) is 12.0. The van der Waals surface area contributed by atoms with Crippen molar-refractivity contribution in [2.24, 2.45) is 0 Å². The summed E-state index contributed by atoms with van der Waals surface area (Å²) >= 11 is 3.54. The smallest absolute Gasteiger partial charge is 0.254 e. The second-order valence-electron chi connectivity index (χ2n) is 4.09. The SMILES string of the molecule is CC(C)n1cc(Br)c2c(c1=O)CCC2. The lowest BCUT2D eigenvalue weighted by Crippen LogP contribution is -2.25. The molecule has 0 bridgehead atoms. The monoisotopic (exact) mass is 255 g/mol. The zero-order valence-electron chi connectivity index (χ0n) is 8.51. The molecule has 2 nitrogen and oxygen atoms in total. The topological polar surface area (TPSA) is 22.0 Å². The van der Waals surface area contributed by atoms with Crippen LogP contribution < -0.4 is 5.56 Å². The first kappa shape index (κ1) is 9.97. The highest BCUT2D eigenvalue weighted by Crippen LogP contribution is 2.26. The van der Waals surface area contributed by atoms with E-state index in [0.29, 0.717) is 0 Å². The van der Waals surface area contributed by atoms with E-state index >= 15 is 0 Å². The molecular formula is C11H14BrNO. The Morgan fingerprint density at radius 3 is 2.64 bits per heavy atom. The van der Waals surface area contributed by atoms with Gasteiger partial charge < -0.3 is 4.57 Å². The molecule has 0 atom stereocenters. The zero-order valence-corrected chi connectivity index (χ0v) is 10.1. The van der Waals surface area contributed by atoms with Crippen LogP contribution in [0.3, 0.4) is 0 Å². The second-order valence-corrected chi connectivity index (χ2v) is 4.95. The van der Waals surface area contributed by atoms with Gasteiger partial charge in [-0.3, -0.25) is 4.79 Å². The molecule has 0 amide bonds. The number of fused-ring (bicyclic) bond motifs is 1. The van der Waals surface area contributed by atoms with E-state index in [1.807, 2.05) is 24.6 Å². The molecule has 1 aromatic heterocycles. The zero-order chi connectivity index (χ0) is 10.3. The van der Waals surface area contributed by atoms with Gasteiger partial charge in [0.2, 0.25) is 0 Å². The fourth-order valence-corrected chi connectivity index (χ4v) is 2.70. The van der Waals surface area contributed by atoms with Crippen LogP contribution in [0, 0.1) is 0 Å². The van der Waals surface area contributed by atoms with E-state index in [-0.39, 0.29) is 11.6 Å². The molecule has 0 saturated heterocycles. The number of aromatic nitrogens is 1. The summed E-state index contributed by atoms with van der Waals surface area (Å²) in [6, 6.07) is 0.240. The highest BCUT2D eigenvalue weighted by atomic mass is 79.9. The maximum atomic E-state index is 12.0. The molecule has 0 aliphatic heterocycles. The Bertz CT molecular complexity index is 420. The minimum atomic E-state index is 0.204. The number of hydrogen-bond donors (Lipinski definition) is 0. The van der Waals surface area contributed by atoms with Crippen LogP contribution in [0.25, 0.3) is 0 Å². The van der Waals surface area contributed by atoms with Gasteiger partial charge in [-0.15, -0.1) is 0 Å². The summed E-state index contributed by atoms with van der Waals surface area (Å²) in [6.45, 7) is 4.07. The predicted octanol–water partition coefficient (Wildman–Crippen LogP) is 2.68. The van der Waals surface area contributed by atoms with E-state index in [2.05, 4.69) is 15.9 Å². The number of hydrogen-bond acceptors (Lipinski definition) is 1. The molecule has 2 rings (SSSR count). The van der Waals surface area contributed by atoms with Crippen molar-refractivity contribution in [2.75, 3.05) is 0 Å². The van der Waals surface area contributed by atoms with E-state index in [1.54, 1.807) is 0 Å². The predicted molar refractivity (Wildman–Crippen MR) is 60.8 cm³/mol. The Morgan fingerprint density at radius 1 is 1.36 bits per heavy atom. The lowest BCUT2D eigenvalue weighted by molar-refractivity contribution is 0.572. The summed E-state index contributed by atoms with van der Waals surface area (Å²) in [7, 11) is 0. The van der Waals surface area contributed by atoms with Crippen molar-refractivity contribution in [2.45, 2.75) is 39.2 Å². The number of rotatable bonds is 1. The van der Waals surface area contributed by atoms with Gasteiger partial charge in [0.15, 0.2) is 0 Å². The van der Waals surface area contributed by atoms with Crippen molar-refractivity contribution < 1.29 is 0 Å². The minimum absolute atomic E-state index is 0.204. The van der Waals surface area contributed by atoms with E-state index in [4.69, 9.17) is 0 Å². The van der Waals surface area contributed by atoms with Crippen LogP contribution in [0.5, 0.6) is 0 Å². The third-order valence-corrected chi connectivity index (χ3v) is 3.49. The Morgan fingerprint density at radius 2 is 2.00 bits per heavy atom. The fourth-order valence-electron chi connectivity index (χ4n) is 2.04. The molecule has 3 heteroatoms. The first-order valence-electron chi connectivity index (χ1n) is 5.03. The van der Waals surface area contributed by atoms with E-state index in [1.165, 1.54) is 5.56 Å². The van der Waals surface area contributed by atoms with Gasteiger partial charge in [0.25, 0.3) is 5.56 Å². The van der Waals surface area contributed by atoms with Crippen LogP contribution >= 0.6 is 15.9 Å². The third-order valence-electron chi connectivity index (χ3n) is 2.81. The highest BCUT2D eigenvalue weighted by Gasteiger charge is 2.19. The van der Waals surface area contributed by atoms with Gasteiger partial charge in [-0.1, -0.05) is 0 Å². The van der Waals surface area contributed by atoms with Crippen molar-refractivity contribution in [3.05, 3.63) is 32.2 Å². The molecule has 0 spiro atoms. The average molecular weight is 256 g/mol. The molecule has 1 aliphatic rings. The van der Waals surface area contributed by atoms with Gasteiger partial charge >= 0.3 is 0 Å². The largest absolute Gasteiger partial charge is 0.312 e. The molecule has 76 valence electrons. The number of nitrogens with zero attached hydrogens (tertiary/aromatic N) is 1. The maximum absolute atomic E-state index is 12.0. The lowest BCUT2D eigenvalue weighted by Gasteiger charge is -2.13. The summed E-state index contributed by atoms with van der Waals surface area (Å²) in [5.41, 5.74) is 2.45. The quantitative estimate of drug-likeness (QED) is 0.757. The highest BCUT2D eigenvalue weighted by molar-refractivity contribution is 9.10. The van der Waals surface area contributed by atoms with Gasteiger partial charge in [0.1, 0.15) is 0 Å². The fraction of sp³-hybridized carbons (Fsp3) is 0.545. The van der Waals surface area contributed by atoms with Crippen LogP contribution in [0.4, 0.5) is 0 Å². The maximum Gasteiger partial charge on any atom is 0.254 e. The Kier molecular flexibility index (Phi) is 2.52. The summed E-state index contributed by atoms with van der Waals surface area (Å²) in [5.74, 6) is 0. The van der Waals surface area contributed by atoms with Crippen LogP contribution in [0.2, 0.25) is 0 Å². The van der Waals surface area contributed by atoms with Gasteiger partial charge in [0, 0.05) is 22.3 Å². The van der Waals surface area contributed by atoms with Gasteiger partial charge in [-0.2, -0.15) is 0 Å². The average Bonchev–Trinajstić information content (AvgIpc) is 2.59. The molecule has 0 radical (unpaired) electrons. The molecule has 0 fully saturated rings. The van der Waals surface area contributed by atoms with Crippen LogP contribution in [-0.2, 0) is 12.8 Å². The first-order chi connectivity index (χ1) is 6.61. The van der Waals surface area contributed by atoms with Crippen molar-refractivity contribution in [3.8, 4) is 0 Å². The summed E-state index contributed by atoms with van der Waals surface area (Å²) in [6.07, 6.45) is 5.03. The van der Waals surface area contributed by atoms with Crippen molar-refractivity contribution in [1.82, 2.24) is 4.57 Å². The van der Waals surface area contributed by atoms with E-state index in [9.17, 15) is 4.79 Å². The summed E-state index contributed by atoms with van der Waals surface area (Å²) < 4.78 is 2.91. The molecule has 14 heavy (non-hydrogen) atoms. The van der Waals surface area contributed by atoms with E-state index in [0.717, 1.165) is 29.3 Å². The Balaban J connectivity index is 2.68. The number of halogens is 1. The molecule has 0 N–H and O–H groups in total. The molecular weight excluding hydrogens is 242 g/mol. The Labute approximate surface area is 92.1 Å². The van der Waals surface area contributed by atoms with Crippen molar-refractivity contribution in [1.29, 1.82) is 0 Å². The normalized spacial score (nSPS) is 14.9. The molecule has 1 aliphatic carbocycles. The first-order valence-corrected chi connectivity index (χ1v) is 5.83. The standard InChI is InChI=1S/C11H14BrNO/c1-7(2)13-6-10(12)8-4-3-5-9(8)11(13)14/h6-7H,3-5H2,1-2H3. The lowest BCUT2D eigenvalue weighted by atomic mass is 10.2. The number of pyridine rings is 1. The van der Waals surface area contributed by atoms with Crippen LogP contribution in [0.1, 0.15) is 37.4 Å². The third kappa shape index (κ3) is 1.44. The van der Waals surface area contributed by atoms with Gasteiger partial charge in [-0.05, 0) is 54.6 Å². The second kappa shape index (κ2) is 3.54. The molecule has 0 aromatic carbocycles. The Hall–Kier alpha value is -0.570. The van der Waals surface area contributed by atoms with Crippen LogP contribution in [-0.4, -0.2) is 4.57 Å². The van der Waals surface area contributed by atoms with Gasteiger partial charge in [0.05, 0.1) is 0 Å². The molecule has 1 aromatic rings. The molecule has 0 unspecified atom stereocenters. The van der Waals surface area contributed by atoms with E-state index < -0.39 is 0 Å². The minimum Gasteiger partial charge on any atom is -0.312 e. The molecule has 0 saturated carbocycles. The molecule has 1 heterocycles. The van der Waals surface area contributed by atoms with Crippen molar-refractivity contribution >= 4 is 15.9 Å². The van der Waals surface area contributed by atoms with Gasteiger partial charge in [-0.25, -0.2) is 0 Å².